The molecular weight excluding hydrogens is 414 g/mol. The molecule has 0 spiro atoms. The summed E-state index contributed by atoms with van der Waals surface area (Å²) in [4.78, 5) is 3.86. The van der Waals surface area contributed by atoms with E-state index in [1.54, 1.807) is 0 Å². The van der Waals surface area contributed by atoms with Crippen molar-refractivity contribution in [2.75, 3.05) is 0 Å². The second-order valence-electron chi connectivity index (χ2n) is 7.26. The number of pyridine rings is 2. The van der Waals surface area contributed by atoms with Crippen molar-refractivity contribution in [3.63, 3.8) is 0 Å². The molecule has 0 aromatic carbocycles. The predicted molar refractivity (Wildman–Crippen MR) is 93.7 cm³/mol. The van der Waals surface area contributed by atoms with Crippen molar-refractivity contribution in [1.82, 2.24) is 9.55 Å². The normalized spacial score (nSPS) is 12.9. The third-order valence-corrected chi connectivity index (χ3v) is 4.67. The van der Waals surface area contributed by atoms with Gasteiger partial charge in [0, 0.05) is 17.1 Å². The number of fused-ring (bicyclic) bond motifs is 1. The fraction of sp³-hybridized carbons (Fsp3) is 0.316. The number of halogens is 6. The van der Waals surface area contributed by atoms with Crippen molar-refractivity contribution < 1.29 is 31.1 Å². The molecule has 0 atom stereocenters. The molecule has 0 saturated carbocycles. The van der Waals surface area contributed by atoms with E-state index in [9.17, 15) is 31.5 Å². The van der Waals surface area contributed by atoms with Gasteiger partial charge in [-0.05, 0) is 32.0 Å². The molecule has 158 valence electrons. The SMILES string of the molecule is CC(C)(C#N)c1cc(F)c(-c2cc3ccn(CC(F)(F)C(F)(F)F)c3cn2)[n+]([O-])c1. The van der Waals surface area contributed by atoms with Crippen LogP contribution in [0.4, 0.5) is 26.3 Å². The largest absolute Gasteiger partial charge is 0.618 e. The summed E-state index contributed by atoms with van der Waals surface area (Å²) in [6.45, 7) is 1.37. The van der Waals surface area contributed by atoms with E-state index in [0.717, 1.165) is 24.7 Å². The van der Waals surface area contributed by atoms with Gasteiger partial charge in [0.1, 0.15) is 5.69 Å². The van der Waals surface area contributed by atoms with Gasteiger partial charge in [-0.1, -0.05) is 0 Å². The smallest absolute Gasteiger partial charge is 0.455 e. The quantitative estimate of drug-likeness (QED) is 0.350. The summed E-state index contributed by atoms with van der Waals surface area (Å²) >= 11 is 0. The molecule has 0 amide bonds. The lowest BCUT2D eigenvalue weighted by atomic mass is 9.87. The van der Waals surface area contributed by atoms with E-state index in [4.69, 9.17) is 5.26 Å². The molecule has 0 unspecified atom stereocenters. The minimum atomic E-state index is -5.72. The highest BCUT2D eigenvalue weighted by Gasteiger charge is 2.57. The summed E-state index contributed by atoms with van der Waals surface area (Å²) in [7, 11) is 0. The molecule has 0 aliphatic carbocycles. The topological polar surface area (TPSA) is 68.5 Å². The minimum absolute atomic E-state index is 0.0391. The van der Waals surface area contributed by atoms with E-state index < -0.39 is 35.6 Å². The average molecular weight is 428 g/mol. The summed E-state index contributed by atoms with van der Waals surface area (Å²) in [6.07, 6.45) is -2.67. The average Bonchev–Trinajstić information content (AvgIpc) is 3.01. The Kier molecular flexibility index (Phi) is 4.92. The number of hydrogen-bond acceptors (Lipinski definition) is 3. The predicted octanol–water partition coefficient (Wildman–Crippen LogP) is 4.47. The van der Waals surface area contributed by atoms with Crippen molar-refractivity contribution in [3.05, 3.63) is 53.4 Å². The summed E-state index contributed by atoms with van der Waals surface area (Å²) in [6, 6.07) is 5.44. The fourth-order valence-electron chi connectivity index (χ4n) is 2.84. The van der Waals surface area contributed by atoms with Crippen LogP contribution >= 0.6 is 0 Å². The molecule has 11 heteroatoms. The van der Waals surface area contributed by atoms with Crippen molar-refractivity contribution in [3.8, 4) is 17.5 Å². The first-order chi connectivity index (χ1) is 13.8. The third-order valence-electron chi connectivity index (χ3n) is 4.67. The van der Waals surface area contributed by atoms with E-state index in [-0.39, 0.29) is 26.9 Å². The lowest BCUT2D eigenvalue weighted by molar-refractivity contribution is -0.596. The standard InChI is InChI=1S/C19H14F6N4O/c1-17(2,9-26)12-6-13(20)16(29(30)8-12)14-5-11-3-4-28(15(11)7-27-14)10-18(21,22)19(23,24)25/h3-8H,10H2,1-2H3. The number of nitriles is 1. The van der Waals surface area contributed by atoms with Crippen molar-refractivity contribution in [1.29, 1.82) is 5.26 Å². The Bertz CT molecular complexity index is 1140. The van der Waals surface area contributed by atoms with Gasteiger partial charge < -0.3 is 9.77 Å². The van der Waals surface area contributed by atoms with E-state index in [1.165, 1.54) is 26.0 Å². The summed E-state index contributed by atoms with van der Waals surface area (Å²) in [5, 5.41) is 21.7. The number of alkyl halides is 5. The van der Waals surface area contributed by atoms with Crippen LogP contribution in [-0.2, 0) is 12.0 Å². The van der Waals surface area contributed by atoms with Gasteiger partial charge in [0.25, 0.3) is 5.69 Å². The van der Waals surface area contributed by atoms with Gasteiger partial charge in [0.05, 0.1) is 29.7 Å². The Morgan fingerprint density at radius 3 is 2.43 bits per heavy atom. The van der Waals surface area contributed by atoms with Gasteiger partial charge in [0.15, 0.2) is 12.0 Å². The van der Waals surface area contributed by atoms with Crippen LogP contribution in [0.25, 0.3) is 22.3 Å². The van der Waals surface area contributed by atoms with E-state index in [0.29, 0.717) is 4.57 Å². The molecule has 3 aromatic heterocycles. The molecule has 0 saturated heterocycles. The second kappa shape index (κ2) is 6.90. The monoisotopic (exact) mass is 428 g/mol. The van der Waals surface area contributed by atoms with Gasteiger partial charge >= 0.3 is 12.1 Å². The Hall–Kier alpha value is -3.29. The van der Waals surface area contributed by atoms with E-state index in [2.05, 4.69) is 4.98 Å². The van der Waals surface area contributed by atoms with E-state index >= 15 is 0 Å². The molecule has 30 heavy (non-hydrogen) atoms. The lowest BCUT2D eigenvalue weighted by Gasteiger charge is -2.20. The first-order valence-corrected chi connectivity index (χ1v) is 8.51. The van der Waals surface area contributed by atoms with Gasteiger partial charge in [-0.25, -0.2) is 4.98 Å². The molecule has 3 aromatic rings. The summed E-state index contributed by atoms with van der Waals surface area (Å²) in [5.74, 6) is -5.91. The zero-order valence-electron chi connectivity index (χ0n) is 15.6. The Balaban J connectivity index is 2.03. The van der Waals surface area contributed by atoms with Crippen LogP contribution in [0.3, 0.4) is 0 Å². The molecule has 0 bridgehead atoms. The van der Waals surface area contributed by atoms with Gasteiger partial charge in [-0.2, -0.15) is 36.3 Å². The maximum absolute atomic E-state index is 14.6. The molecule has 0 fully saturated rings. The molecule has 0 N–H and O–H groups in total. The maximum Gasteiger partial charge on any atom is 0.455 e. The van der Waals surface area contributed by atoms with Crippen molar-refractivity contribution in [2.24, 2.45) is 0 Å². The number of hydrogen-bond donors (Lipinski definition) is 0. The zero-order valence-corrected chi connectivity index (χ0v) is 15.6. The van der Waals surface area contributed by atoms with Gasteiger partial charge in [0.2, 0.25) is 0 Å². The Morgan fingerprint density at radius 1 is 1.20 bits per heavy atom. The lowest BCUT2D eigenvalue weighted by Crippen LogP contribution is -2.40. The Labute approximate surface area is 166 Å². The Morgan fingerprint density at radius 2 is 1.87 bits per heavy atom. The molecule has 3 rings (SSSR count). The summed E-state index contributed by atoms with van der Waals surface area (Å²) in [5.41, 5.74) is -1.63. The molecule has 3 heterocycles. The first-order valence-electron chi connectivity index (χ1n) is 8.51. The van der Waals surface area contributed by atoms with Crippen LogP contribution in [0.2, 0.25) is 0 Å². The van der Waals surface area contributed by atoms with Gasteiger partial charge in [-0.15, -0.1) is 0 Å². The molecule has 0 radical (unpaired) electrons. The van der Waals surface area contributed by atoms with Crippen LogP contribution in [0, 0.1) is 22.4 Å². The van der Waals surface area contributed by atoms with Crippen molar-refractivity contribution in [2.45, 2.75) is 37.9 Å². The highest BCUT2D eigenvalue weighted by Crippen LogP contribution is 2.37. The highest BCUT2D eigenvalue weighted by atomic mass is 19.4. The number of aromatic nitrogens is 3. The van der Waals surface area contributed by atoms with Crippen LogP contribution in [0.15, 0.2) is 36.8 Å². The van der Waals surface area contributed by atoms with E-state index in [1.807, 2.05) is 6.07 Å². The molecular formula is C19H14F6N4O. The molecule has 5 nitrogen and oxygen atoms in total. The molecule has 0 aliphatic heterocycles. The maximum atomic E-state index is 14.6. The molecule has 0 aliphatic rings. The van der Waals surface area contributed by atoms with Gasteiger partial charge in [-0.3, -0.25) is 0 Å². The fourth-order valence-corrected chi connectivity index (χ4v) is 2.84. The number of rotatable bonds is 4. The van der Waals surface area contributed by atoms with Crippen LogP contribution < -0.4 is 4.73 Å². The first kappa shape index (κ1) is 21.4. The van der Waals surface area contributed by atoms with Crippen molar-refractivity contribution >= 4 is 10.9 Å². The van der Waals surface area contributed by atoms with Crippen LogP contribution in [-0.4, -0.2) is 21.6 Å². The minimum Gasteiger partial charge on any atom is -0.618 e. The summed E-state index contributed by atoms with van der Waals surface area (Å²) < 4.78 is 79.6. The number of nitrogens with zero attached hydrogens (tertiary/aromatic N) is 4. The third kappa shape index (κ3) is 3.65. The highest BCUT2D eigenvalue weighted by molar-refractivity contribution is 5.82. The zero-order chi connectivity index (χ0) is 22.5. The van der Waals surface area contributed by atoms with Crippen LogP contribution in [0.1, 0.15) is 19.4 Å². The van der Waals surface area contributed by atoms with Crippen LogP contribution in [0.5, 0.6) is 0 Å². The second-order valence-corrected chi connectivity index (χ2v) is 7.26.